The van der Waals surface area contributed by atoms with Crippen molar-refractivity contribution in [3.05, 3.63) is 0 Å². The molecule has 0 heterocycles. The molecule has 0 radical (unpaired) electrons. The van der Waals surface area contributed by atoms with Gasteiger partial charge >= 0.3 is 0 Å². The number of hydrogen-bond acceptors (Lipinski definition) is 3. The van der Waals surface area contributed by atoms with Crippen LogP contribution in [0.25, 0.3) is 0 Å². The highest BCUT2D eigenvalue weighted by molar-refractivity contribution is 5.83. The number of nitrogens with one attached hydrogen (secondary N) is 1. The van der Waals surface area contributed by atoms with Crippen LogP contribution in [0.3, 0.4) is 0 Å². The molecular formula is C11H21NO2. The second-order valence-corrected chi connectivity index (χ2v) is 3.94. The summed E-state index contributed by atoms with van der Waals surface area (Å²) in [7, 11) is 0. The number of carbonyl (C=O) groups excluding carboxylic acids is 1. The SMILES string of the molecule is CCCCONC1CCCCCC1=O. The van der Waals surface area contributed by atoms with Crippen LogP contribution in [0, 0.1) is 0 Å². The molecule has 1 fully saturated rings. The van der Waals surface area contributed by atoms with E-state index in [2.05, 4.69) is 12.4 Å². The van der Waals surface area contributed by atoms with Gasteiger partial charge in [-0.2, -0.15) is 5.48 Å². The van der Waals surface area contributed by atoms with Gasteiger partial charge in [-0.15, -0.1) is 0 Å². The number of carbonyl (C=O) groups is 1. The molecule has 1 unspecified atom stereocenters. The maximum absolute atomic E-state index is 11.5. The molecule has 1 rings (SSSR count). The molecule has 3 nitrogen and oxygen atoms in total. The lowest BCUT2D eigenvalue weighted by Gasteiger charge is -2.14. The zero-order chi connectivity index (χ0) is 10.2. The van der Waals surface area contributed by atoms with E-state index in [4.69, 9.17) is 4.84 Å². The third kappa shape index (κ3) is 4.20. The third-order valence-corrected chi connectivity index (χ3v) is 2.63. The van der Waals surface area contributed by atoms with E-state index in [1.165, 1.54) is 6.42 Å². The van der Waals surface area contributed by atoms with E-state index < -0.39 is 0 Å². The third-order valence-electron chi connectivity index (χ3n) is 2.63. The molecule has 1 saturated carbocycles. The van der Waals surface area contributed by atoms with Crippen molar-refractivity contribution in [3.8, 4) is 0 Å². The average Bonchev–Trinajstić information content (AvgIpc) is 2.39. The average molecular weight is 199 g/mol. The van der Waals surface area contributed by atoms with Gasteiger partial charge in [0.1, 0.15) is 0 Å². The summed E-state index contributed by atoms with van der Waals surface area (Å²) in [5.74, 6) is 0.319. The Morgan fingerprint density at radius 3 is 3.07 bits per heavy atom. The van der Waals surface area contributed by atoms with Gasteiger partial charge in [-0.25, -0.2) is 0 Å². The minimum absolute atomic E-state index is 0.0469. The molecule has 82 valence electrons. The molecule has 1 aliphatic carbocycles. The highest BCUT2D eigenvalue weighted by Crippen LogP contribution is 2.14. The van der Waals surface area contributed by atoms with Crippen LogP contribution in [0.5, 0.6) is 0 Å². The fourth-order valence-corrected chi connectivity index (χ4v) is 1.66. The quantitative estimate of drug-likeness (QED) is 0.419. The standard InChI is InChI=1S/C11H21NO2/c1-2-3-9-14-12-10-7-5-4-6-8-11(10)13/h10,12H,2-9H2,1H3. The summed E-state index contributed by atoms with van der Waals surface area (Å²) in [4.78, 5) is 16.8. The first-order valence-corrected chi connectivity index (χ1v) is 5.74. The van der Waals surface area contributed by atoms with Crippen molar-refractivity contribution in [1.82, 2.24) is 5.48 Å². The number of hydrogen-bond donors (Lipinski definition) is 1. The number of rotatable bonds is 5. The van der Waals surface area contributed by atoms with Crippen molar-refractivity contribution in [3.63, 3.8) is 0 Å². The van der Waals surface area contributed by atoms with Crippen molar-refractivity contribution in [2.75, 3.05) is 6.61 Å². The number of ketones is 1. The molecule has 0 bridgehead atoms. The van der Waals surface area contributed by atoms with Crippen LogP contribution in [0.2, 0.25) is 0 Å². The summed E-state index contributed by atoms with van der Waals surface area (Å²) < 4.78 is 0. The van der Waals surface area contributed by atoms with Crippen molar-refractivity contribution in [2.45, 2.75) is 57.9 Å². The highest BCUT2D eigenvalue weighted by atomic mass is 16.6. The molecule has 1 aliphatic rings. The fraction of sp³-hybridized carbons (Fsp3) is 0.909. The lowest BCUT2D eigenvalue weighted by Crippen LogP contribution is -2.36. The summed E-state index contributed by atoms with van der Waals surface area (Å²) in [6.07, 6.45) is 7.19. The van der Waals surface area contributed by atoms with E-state index in [0.717, 1.165) is 38.5 Å². The molecule has 0 aromatic heterocycles. The van der Waals surface area contributed by atoms with E-state index in [0.29, 0.717) is 12.4 Å². The lowest BCUT2D eigenvalue weighted by molar-refractivity contribution is -0.125. The normalized spacial score (nSPS) is 23.5. The monoisotopic (exact) mass is 199 g/mol. The van der Waals surface area contributed by atoms with Gasteiger partial charge in [0.25, 0.3) is 0 Å². The summed E-state index contributed by atoms with van der Waals surface area (Å²) in [5, 5.41) is 0. The zero-order valence-corrected chi connectivity index (χ0v) is 9.05. The largest absolute Gasteiger partial charge is 0.301 e. The molecular weight excluding hydrogens is 178 g/mol. The smallest absolute Gasteiger partial charge is 0.152 e. The first kappa shape index (κ1) is 11.7. The van der Waals surface area contributed by atoms with Crippen LogP contribution in [0.15, 0.2) is 0 Å². The number of Topliss-reactive ketones (excluding diaryl/α,β-unsaturated/α-hetero) is 1. The minimum Gasteiger partial charge on any atom is -0.301 e. The number of unbranched alkanes of at least 4 members (excludes halogenated alkanes) is 1. The predicted octanol–water partition coefficient (Wildman–Crippen LogP) is 2.21. The fourth-order valence-electron chi connectivity index (χ4n) is 1.66. The highest BCUT2D eigenvalue weighted by Gasteiger charge is 2.20. The molecule has 3 heteroatoms. The van der Waals surface area contributed by atoms with E-state index in [9.17, 15) is 4.79 Å². The van der Waals surface area contributed by atoms with Crippen LogP contribution in [-0.4, -0.2) is 18.4 Å². The van der Waals surface area contributed by atoms with E-state index in [-0.39, 0.29) is 6.04 Å². The Balaban J connectivity index is 2.16. The molecule has 0 saturated heterocycles. The molecule has 14 heavy (non-hydrogen) atoms. The van der Waals surface area contributed by atoms with Crippen LogP contribution in [0.1, 0.15) is 51.9 Å². The van der Waals surface area contributed by atoms with Crippen LogP contribution >= 0.6 is 0 Å². The van der Waals surface area contributed by atoms with Gasteiger partial charge in [-0.1, -0.05) is 26.2 Å². The maximum Gasteiger partial charge on any atom is 0.152 e. The van der Waals surface area contributed by atoms with E-state index in [1.54, 1.807) is 0 Å². The first-order valence-electron chi connectivity index (χ1n) is 5.74. The van der Waals surface area contributed by atoms with Crippen LogP contribution < -0.4 is 5.48 Å². The first-order chi connectivity index (χ1) is 6.84. The second-order valence-electron chi connectivity index (χ2n) is 3.94. The van der Waals surface area contributed by atoms with Gasteiger partial charge in [0.05, 0.1) is 12.6 Å². The Labute approximate surface area is 86.2 Å². The lowest BCUT2D eigenvalue weighted by atomic mass is 10.1. The molecule has 0 aromatic rings. The maximum atomic E-state index is 11.5. The Bertz CT molecular complexity index is 171. The molecule has 1 N–H and O–H groups in total. The summed E-state index contributed by atoms with van der Waals surface area (Å²) in [5.41, 5.74) is 2.90. The van der Waals surface area contributed by atoms with Gasteiger partial charge in [0.2, 0.25) is 0 Å². The molecule has 1 atom stereocenters. The second kappa shape index (κ2) is 6.96. The predicted molar refractivity (Wildman–Crippen MR) is 55.9 cm³/mol. The van der Waals surface area contributed by atoms with E-state index in [1.807, 2.05) is 0 Å². The zero-order valence-electron chi connectivity index (χ0n) is 9.05. The molecule has 0 aliphatic heterocycles. The Hall–Kier alpha value is -0.410. The topological polar surface area (TPSA) is 38.3 Å². The van der Waals surface area contributed by atoms with Gasteiger partial charge in [0.15, 0.2) is 5.78 Å². The van der Waals surface area contributed by atoms with Gasteiger partial charge in [0, 0.05) is 6.42 Å². The summed E-state index contributed by atoms with van der Waals surface area (Å²) >= 11 is 0. The van der Waals surface area contributed by atoms with Crippen LogP contribution in [0.4, 0.5) is 0 Å². The van der Waals surface area contributed by atoms with Crippen molar-refractivity contribution in [1.29, 1.82) is 0 Å². The Morgan fingerprint density at radius 1 is 1.43 bits per heavy atom. The van der Waals surface area contributed by atoms with E-state index >= 15 is 0 Å². The summed E-state index contributed by atoms with van der Waals surface area (Å²) in [6.45, 7) is 2.83. The van der Waals surface area contributed by atoms with Crippen molar-refractivity contribution < 1.29 is 9.63 Å². The van der Waals surface area contributed by atoms with Gasteiger partial charge in [-0.3, -0.25) is 4.79 Å². The Kier molecular flexibility index (Phi) is 5.80. The van der Waals surface area contributed by atoms with Gasteiger partial charge < -0.3 is 4.84 Å². The molecule has 0 amide bonds. The Morgan fingerprint density at radius 2 is 2.29 bits per heavy atom. The molecule has 0 aromatic carbocycles. The van der Waals surface area contributed by atoms with Crippen molar-refractivity contribution in [2.24, 2.45) is 0 Å². The van der Waals surface area contributed by atoms with Crippen LogP contribution in [-0.2, 0) is 9.63 Å². The van der Waals surface area contributed by atoms with Gasteiger partial charge in [-0.05, 0) is 19.3 Å². The summed E-state index contributed by atoms with van der Waals surface area (Å²) in [6, 6.07) is -0.0469. The number of hydroxylamine groups is 1. The molecule has 0 spiro atoms. The van der Waals surface area contributed by atoms with Crippen molar-refractivity contribution >= 4 is 5.78 Å². The minimum atomic E-state index is -0.0469.